The van der Waals surface area contributed by atoms with Gasteiger partial charge in [0.2, 0.25) is 0 Å². The summed E-state index contributed by atoms with van der Waals surface area (Å²) in [4.78, 5) is 37.8. The van der Waals surface area contributed by atoms with Crippen molar-refractivity contribution in [2.45, 2.75) is 6.54 Å². The van der Waals surface area contributed by atoms with Crippen molar-refractivity contribution in [3.8, 4) is 5.75 Å². The van der Waals surface area contributed by atoms with E-state index in [4.69, 9.17) is 10.5 Å². The van der Waals surface area contributed by atoms with E-state index in [1.165, 1.54) is 6.21 Å². The number of nitrogens with zero attached hydrogens (tertiary/aromatic N) is 2. The quantitative estimate of drug-likeness (QED) is 0.356. The Balaban J connectivity index is 1.77. The van der Waals surface area contributed by atoms with Crippen LogP contribution in [0.5, 0.6) is 5.75 Å². The van der Waals surface area contributed by atoms with Crippen LogP contribution in [-0.4, -0.2) is 35.5 Å². The molecular formula is C17H17N5O4. The molecule has 0 bridgehead atoms. The number of primary amides is 1. The van der Waals surface area contributed by atoms with Crippen LogP contribution in [0.4, 0.5) is 0 Å². The van der Waals surface area contributed by atoms with Crippen LogP contribution in [0.25, 0.3) is 0 Å². The lowest BCUT2D eigenvalue weighted by molar-refractivity contribution is -0.139. The van der Waals surface area contributed by atoms with Gasteiger partial charge in [-0.1, -0.05) is 6.07 Å². The highest BCUT2D eigenvalue weighted by atomic mass is 16.5. The van der Waals surface area contributed by atoms with Crippen LogP contribution in [0.2, 0.25) is 0 Å². The van der Waals surface area contributed by atoms with Gasteiger partial charge in [-0.3, -0.25) is 19.4 Å². The molecular weight excluding hydrogens is 338 g/mol. The molecule has 2 rings (SSSR count). The SMILES string of the molecule is NC(=O)COc1ccc(/C=N/NC(=O)C(=O)NCc2cccnc2)cc1. The molecule has 0 saturated carbocycles. The van der Waals surface area contributed by atoms with Gasteiger partial charge in [-0.2, -0.15) is 5.10 Å². The zero-order valence-electron chi connectivity index (χ0n) is 13.7. The number of hydrogen-bond donors (Lipinski definition) is 3. The van der Waals surface area contributed by atoms with Gasteiger partial charge < -0.3 is 15.8 Å². The molecule has 1 aromatic carbocycles. The summed E-state index contributed by atoms with van der Waals surface area (Å²) in [5, 5.41) is 6.17. The molecule has 0 fully saturated rings. The number of amides is 3. The van der Waals surface area contributed by atoms with Crippen LogP contribution in [0, 0.1) is 0 Å². The van der Waals surface area contributed by atoms with Crippen molar-refractivity contribution in [1.82, 2.24) is 15.7 Å². The first kappa shape index (κ1) is 18.6. The third-order valence-electron chi connectivity index (χ3n) is 3.02. The Hall–Kier alpha value is -3.75. The number of benzene rings is 1. The predicted octanol–water partition coefficient (Wildman–Crippen LogP) is -0.288. The number of nitrogens with two attached hydrogens (primary N) is 1. The minimum absolute atomic E-state index is 0.191. The van der Waals surface area contributed by atoms with E-state index in [9.17, 15) is 14.4 Å². The van der Waals surface area contributed by atoms with Gasteiger partial charge in [0, 0.05) is 18.9 Å². The van der Waals surface area contributed by atoms with Crippen LogP contribution >= 0.6 is 0 Å². The molecule has 134 valence electrons. The van der Waals surface area contributed by atoms with Crippen LogP contribution in [0.15, 0.2) is 53.9 Å². The molecule has 9 nitrogen and oxygen atoms in total. The first-order chi connectivity index (χ1) is 12.5. The molecule has 0 atom stereocenters. The second-order valence-corrected chi connectivity index (χ2v) is 5.07. The van der Waals surface area contributed by atoms with Gasteiger partial charge in [-0.15, -0.1) is 0 Å². The molecule has 9 heteroatoms. The van der Waals surface area contributed by atoms with Crippen molar-refractivity contribution in [2.75, 3.05) is 6.61 Å². The van der Waals surface area contributed by atoms with E-state index in [-0.39, 0.29) is 13.2 Å². The smallest absolute Gasteiger partial charge is 0.329 e. The number of nitrogens with one attached hydrogen (secondary N) is 2. The summed E-state index contributed by atoms with van der Waals surface area (Å²) in [7, 11) is 0. The minimum atomic E-state index is -0.883. The standard InChI is InChI=1S/C17H17N5O4/c18-15(23)11-26-14-5-3-12(4-6-14)10-21-22-17(25)16(24)20-9-13-2-1-7-19-8-13/h1-8,10H,9,11H2,(H2,18,23)(H,20,24)(H,22,25)/b21-10+. The lowest BCUT2D eigenvalue weighted by Gasteiger charge is -2.04. The molecule has 3 amide bonds. The molecule has 2 aromatic rings. The van der Waals surface area contributed by atoms with Crippen LogP contribution in [0.1, 0.15) is 11.1 Å². The number of carbonyl (C=O) groups is 3. The Labute approximate surface area is 149 Å². The van der Waals surface area contributed by atoms with E-state index in [0.717, 1.165) is 5.56 Å². The average Bonchev–Trinajstić information content (AvgIpc) is 2.66. The van der Waals surface area contributed by atoms with Crippen molar-refractivity contribution >= 4 is 23.9 Å². The van der Waals surface area contributed by atoms with E-state index in [2.05, 4.69) is 20.8 Å². The summed E-state index contributed by atoms with van der Waals surface area (Å²) in [5.74, 6) is -1.78. The number of ether oxygens (including phenoxy) is 1. The maximum atomic E-state index is 11.7. The Bertz CT molecular complexity index is 791. The zero-order chi connectivity index (χ0) is 18.8. The highest BCUT2D eigenvalue weighted by Gasteiger charge is 2.11. The van der Waals surface area contributed by atoms with E-state index in [1.54, 1.807) is 48.8 Å². The topological polar surface area (TPSA) is 136 Å². The number of carbonyl (C=O) groups excluding carboxylic acids is 3. The lowest BCUT2D eigenvalue weighted by atomic mass is 10.2. The average molecular weight is 355 g/mol. The summed E-state index contributed by atoms with van der Waals surface area (Å²) in [6.07, 6.45) is 4.57. The first-order valence-corrected chi connectivity index (χ1v) is 7.56. The number of pyridine rings is 1. The van der Waals surface area contributed by atoms with Gasteiger partial charge in [0.15, 0.2) is 6.61 Å². The van der Waals surface area contributed by atoms with Gasteiger partial charge in [0.25, 0.3) is 5.91 Å². The third-order valence-corrected chi connectivity index (χ3v) is 3.02. The summed E-state index contributed by atoms with van der Waals surface area (Å²) >= 11 is 0. The van der Waals surface area contributed by atoms with Gasteiger partial charge in [-0.05, 0) is 41.5 Å². The van der Waals surface area contributed by atoms with Gasteiger partial charge in [0.1, 0.15) is 5.75 Å². The minimum Gasteiger partial charge on any atom is -0.484 e. The number of rotatable bonds is 7. The largest absolute Gasteiger partial charge is 0.484 e. The predicted molar refractivity (Wildman–Crippen MR) is 93.0 cm³/mol. The zero-order valence-corrected chi connectivity index (χ0v) is 13.7. The van der Waals surface area contributed by atoms with Crippen LogP contribution < -0.4 is 21.2 Å². The number of hydrazone groups is 1. The third kappa shape index (κ3) is 6.40. The molecule has 0 radical (unpaired) electrons. The molecule has 0 aliphatic carbocycles. The number of aromatic nitrogens is 1. The molecule has 0 aliphatic rings. The maximum Gasteiger partial charge on any atom is 0.329 e. The maximum absolute atomic E-state index is 11.7. The Morgan fingerprint density at radius 2 is 1.92 bits per heavy atom. The fraction of sp³-hybridized carbons (Fsp3) is 0.118. The lowest BCUT2D eigenvalue weighted by Crippen LogP contribution is -2.37. The van der Waals surface area contributed by atoms with Gasteiger partial charge in [-0.25, -0.2) is 5.43 Å². The summed E-state index contributed by atoms with van der Waals surface area (Å²) < 4.78 is 5.11. The van der Waals surface area contributed by atoms with Crippen molar-refractivity contribution in [3.05, 3.63) is 59.9 Å². The Morgan fingerprint density at radius 3 is 2.58 bits per heavy atom. The summed E-state index contributed by atoms with van der Waals surface area (Å²) in [6.45, 7) is -0.0196. The molecule has 1 heterocycles. The molecule has 0 spiro atoms. The number of hydrogen-bond acceptors (Lipinski definition) is 6. The molecule has 0 unspecified atom stereocenters. The summed E-state index contributed by atoms with van der Waals surface area (Å²) in [6, 6.07) is 10.1. The normalized spacial score (nSPS) is 10.3. The Morgan fingerprint density at radius 1 is 1.15 bits per heavy atom. The molecule has 4 N–H and O–H groups in total. The van der Waals surface area contributed by atoms with E-state index in [0.29, 0.717) is 11.3 Å². The fourth-order valence-corrected chi connectivity index (χ4v) is 1.79. The van der Waals surface area contributed by atoms with Crippen molar-refractivity contribution < 1.29 is 19.1 Å². The Kier molecular flexibility index (Phi) is 6.81. The van der Waals surface area contributed by atoms with Crippen molar-refractivity contribution in [3.63, 3.8) is 0 Å². The van der Waals surface area contributed by atoms with Crippen molar-refractivity contribution in [1.29, 1.82) is 0 Å². The van der Waals surface area contributed by atoms with E-state index < -0.39 is 17.7 Å². The highest BCUT2D eigenvalue weighted by molar-refractivity contribution is 6.35. The highest BCUT2D eigenvalue weighted by Crippen LogP contribution is 2.10. The molecule has 1 aromatic heterocycles. The van der Waals surface area contributed by atoms with Crippen LogP contribution in [-0.2, 0) is 20.9 Å². The summed E-state index contributed by atoms with van der Waals surface area (Å²) in [5.41, 5.74) is 8.55. The second kappa shape index (κ2) is 9.52. The van der Waals surface area contributed by atoms with E-state index in [1.807, 2.05) is 0 Å². The van der Waals surface area contributed by atoms with Crippen molar-refractivity contribution in [2.24, 2.45) is 10.8 Å². The fourth-order valence-electron chi connectivity index (χ4n) is 1.79. The molecule has 26 heavy (non-hydrogen) atoms. The first-order valence-electron chi connectivity index (χ1n) is 7.56. The molecule has 0 saturated heterocycles. The molecule has 0 aliphatic heterocycles. The second-order valence-electron chi connectivity index (χ2n) is 5.07. The van der Waals surface area contributed by atoms with Gasteiger partial charge in [0.05, 0.1) is 6.21 Å². The van der Waals surface area contributed by atoms with E-state index >= 15 is 0 Å². The van der Waals surface area contributed by atoms with Crippen LogP contribution in [0.3, 0.4) is 0 Å². The monoisotopic (exact) mass is 355 g/mol. The van der Waals surface area contributed by atoms with Gasteiger partial charge >= 0.3 is 11.8 Å².